The van der Waals surface area contributed by atoms with E-state index in [0.29, 0.717) is 12.2 Å². The second-order valence-electron chi connectivity index (χ2n) is 4.13. The van der Waals surface area contributed by atoms with E-state index in [0.717, 1.165) is 18.0 Å². The van der Waals surface area contributed by atoms with E-state index in [-0.39, 0.29) is 17.9 Å². The molecule has 0 saturated heterocycles. The van der Waals surface area contributed by atoms with E-state index < -0.39 is 0 Å². The first kappa shape index (κ1) is 11.3. The molecule has 6 heteroatoms. The van der Waals surface area contributed by atoms with Crippen LogP contribution >= 0.6 is 11.3 Å². The Balaban J connectivity index is 1.88. The van der Waals surface area contributed by atoms with Gasteiger partial charge in [-0.2, -0.15) is 0 Å². The van der Waals surface area contributed by atoms with Crippen molar-refractivity contribution in [1.29, 1.82) is 0 Å². The highest BCUT2D eigenvalue weighted by atomic mass is 32.1. The van der Waals surface area contributed by atoms with Crippen LogP contribution in [0.4, 0.5) is 5.13 Å². The molecule has 5 nitrogen and oxygen atoms in total. The number of anilines is 1. The number of hydrogen-bond acceptors (Lipinski definition) is 5. The molecule has 88 valence electrons. The van der Waals surface area contributed by atoms with Crippen molar-refractivity contribution in [1.82, 2.24) is 10.3 Å². The van der Waals surface area contributed by atoms with E-state index in [4.69, 9.17) is 5.11 Å². The number of nitrogens with zero attached hydrogens (tertiary/aromatic N) is 1. The smallest absolute Gasteiger partial charge is 0.270 e. The van der Waals surface area contributed by atoms with Crippen LogP contribution in [0, 0.1) is 5.41 Å². The molecule has 3 N–H and O–H groups in total. The zero-order valence-corrected chi connectivity index (χ0v) is 9.93. The molecule has 0 bridgehead atoms. The van der Waals surface area contributed by atoms with Crippen LogP contribution in [0.25, 0.3) is 0 Å². The highest BCUT2D eigenvalue weighted by Gasteiger charge is 2.42. The summed E-state index contributed by atoms with van der Waals surface area (Å²) in [6, 6.07) is 0. The summed E-state index contributed by atoms with van der Waals surface area (Å²) in [5.41, 5.74) is 0.375. The van der Waals surface area contributed by atoms with Gasteiger partial charge in [0.1, 0.15) is 5.69 Å². The minimum Gasteiger partial charge on any atom is -0.396 e. The minimum absolute atomic E-state index is 0.0580. The Morgan fingerprint density at radius 2 is 2.44 bits per heavy atom. The lowest BCUT2D eigenvalue weighted by Crippen LogP contribution is -2.32. The molecule has 0 spiro atoms. The fourth-order valence-electron chi connectivity index (χ4n) is 1.42. The van der Waals surface area contributed by atoms with E-state index in [1.807, 2.05) is 0 Å². The van der Waals surface area contributed by atoms with Gasteiger partial charge >= 0.3 is 0 Å². The second-order valence-corrected chi connectivity index (χ2v) is 4.99. The predicted octanol–water partition coefficient (Wildman–Crippen LogP) is 0.687. The van der Waals surface area contributed by atoms with Crippen LogP contribution in [0.5, 0.6) is 0 Å². The van der Waals surface area contributed by atoms with E-state index >= 15 is 0 Å². The van der Waals surface area contributed by atoms with Gasteiger partial charge < -0.3 is 15.7 Å². The molecule has 2 rings (SSSR count). The fourth-order valence-corrected chi connectivity index (χ4v) is 2.07. The monoisotopic (exact) mass is 241 g/mol. The average Bonchev–Trinajstić information content (AvgIpc) is 2.94. The first-order chi connectivity index (χ1) is 7.69. The number of aliphatic hydroxyl groups excluding tert-OH is 1. The standard InChI is InChI=1S/C10H15N3O2S/c1-11-9-13-7(4-16-9)8(15)12-5-10(6-14)2-3-10/h4,14H,2-3,5-6H2,1H3,(H,11,13)(H,12,15). The van der Waals surface area contributed by atoms with Gasteiger partial charge in [0, 0.05) is 24.4 Å². The Morgan fingerprint density at radius 3 is 2.94 bits per heavy atom. The van der Waals surface area contributed by atoms with E-state index in [9.17, 15) is 4.79 Å². The normalized spacial score (nSPS) is 16.9. The quantitative estimate of drug-likeness (QED) is 0.709. The number of hydrogen-bond donors (Lipinski definition) is 3. The zero-order valence-electron chi connectivity index (χ0n) is 9.12. The van der Waals surface area contributed by atoms with Gasteiger partial charge in [-0.15, -0.1) is 11.3 Å². The first-order valence-electron chi connectivity index (χ1n) is 5.21. The van der Waals surface area contributed by atoms with E-state index in [1.54, 1.807) is 12.4 Å². The molecule has 1 fully saturated rings. The number of carbonyl (C=O) groups excluding carboxylic acids is 1. The zero-order chi connectivity index (χ0) is 11.6. The summed E-state index contributed by atoms with van der Waals surface area (Å²) in [5.74, 6) is -0.169. The van der Waals surface area contributed by atoms with Crippen molar-refractivity contribution < 1.29 is 9.90 Å². The molecule has 1 aromatic heterocycles. The maximum absolute atomic E-state index is 11.7. The number of thiazole rings is 1. The van der Waals surface area contributed by atoms with Gasteiger partial charge in [0.25, 0.3) is 5.91 Å². The maximum atomic E-state index is 11.7. The first-order valence-corrected chi connectivity index (χ1v) is 6.09. The summed E-state index contributed by atoms with van der Waals surface area (Å²) in [6.07, 6.45) is 1.98. The lowest BCUT2D eigenvalue weighted by atomic mass is 10.1. The van der Waals surface area contributed by atoms with Crippen LogP contribution < -0.4 is 10.6 Å². The van der Waals surface area contributed by atoms with Gasteiger partial charge in [-0.25, -0.2) is 4.98 Å². The summed E-state index contributed by atoms with van der Waals surface area (Å²) >= 11 is 1.40. The number of aromatic nitrogens is 1. The molecule has 0 unspecified atom stereocenters. The third-order valence-corrected chi connectivity index (χ3v) is 3.73. The molecule has 1 saturated carbocycles. The summed E-state index contributed by atoms with van der Waals surface area (Å²) < 4.78 is 0. The van der Waals surface area contributed by atoms with Crippen LogP contribution in [-0.2, 0) is 0 Å². The third kappa shape index (κ3) is 2.33. The van der Waals surface area contributed by atoms with Crippen LogP contribution in [0.1, 0.15) is 23.3 Å². The molecular formula is C10H15N3O2S. The number of carbonyl (C=O) groups is 1. The number of amides is 1. The lowest BCUT2D eigenvalue weighted by Gasteiger charge is -2.11. The highest BCUT2D eigenvalue weighted by Crippen LogP contribution is 2.44. The largest absolute Gasteiger partial charge is 0.396 e. The van der Waals surface area contributed by atoms with Gasteiger partial charge in [0.15, 0.2) is 5.13 Å². The molecule has 0 atom stereocenters. The molecule has 16 heavy (non-hydrogen) atoms. The summed E-state index contributed by atoms with van der Waals surface area (Å²) in [6.45, 7) is 0.681. The maximum Gasteiger partial charge on any atom is 0.270 e. The van der Waals surface area contributed by atoms with Crippen molar-refractivity contribution >= 4 is 22.4 Å². The molecule has 0 radical (unpaired) electrons. The second kappa shape index (κ2) is 4.39. The predicted molar refractivity (Wildman–Crippen MR) is 62.7 cm³/mol. The molecule has 1 aromatic rings. The Hall–Kier alpha value is -1.14. The Kier molecular flexibility index (Phi) is 3.11. The van der Waals surface area contributed by atoms with Crippen LogP contribution in [-0.4, -0.2) is 36.2 Å². The van der Waals surface area contributed by atoms with Gasteiger partial charge in [-0.05, 0) is 12.8 Å². The summed E-state index contributed by atoms with van der Waals surface area (Å²) in [4.78, 5) is 15.8. The summed E-state index contributed by atoms with van der Waals surface area (Å²) in [7, 11) is 1.77. The van der Waals surface area contributed by atoms with E-state index in [2.05, 4.69) is 15.6 Å². The molecule has 1 aliphatic carbocycles. The molecule has 1 heterocycles. The molecular weight excluding hydrogens is 226 g/mol. The van der Waals surface area contributed by atoms with Crippen LogP contribution in [0.2, 0.25) is 0 Å². The minimum atomic E-state index is -0.169. The van der Waals surface area contributed by atoms with E-state index in [1.165, 1.54) is 11.3 Å². The van der Waals surface area contributed by atoms with Gasteiger partial charge in [-0.3, -0.25) is 4.79 Å². The number of aliphatic hydroxyl groups is 1. The van der Waals surface area contributed by atoms with Crippen molar-refractivity contribution in [2.45, 2.75) is 12.8 Å². The van der Waals surface area contributed by atoms with Gasteiger partial charge in [0.05, 0.1) is 6.61 Å². The number of nitrogens with one attached hydrogen (secondary N) is 2. The van der Waals surface area contributed by atoms with Crippen molar-refractivity contribution in [2.75, 3.05) is 25.5 Å². The molecule has 1 aliphatic rings. The molecule has 0 aromatic carbocycles. The summed E-state index contributed by atoms with van der Waals surface area (Å²) in [5, 5.41) is 17.3. The van der Waals surface area contributed by atoms with Crippen molar-refractivity contribution in [2.24, 2.45) is 5.41 Å². The third-order valence-electron chi connectivity index (χ3n) is 2.87. The van der Waals surface area contributed by atoms with Crippen molar-refractivity contribution in [3.05, 3.63) is 11.1 Å². The molecule has 0 aliphatic heterocycles. The van der Waals surface area contributed by atoms with Crippen molar-refractivity contribution in [3.63, 3.8) is 0 Å². The van der Waals surface area contributed by atoms with Crippen LogP contribution in [0.15, 0.2) is 5.38 Å². The topological polar surface area (TPSA) is 74.2 Å². The highest BCUT2D eigenvalue weighted by molar-refractivity contribution is 7.13. The molecule has 1 amide bonds. The van der Waals surface area contributed by atoms with Gasteiger partial charge in [0.2, 0.25) is 0 Å². The Morgan fingerprint density at radius 1 is 1.69 bits per heavy atom. The Labute approximate surface area is 97.9 Å². The number of rotatable bonds is 5. The van der Waals surface area contributed by atoms with Gasteiger partial charge in [-0.1, -0.05) is 0 Å². The Bertz CT molecular complexity index is 387. The van der Waals surface area contributed by atoms with Crippen molar-refractivity contribution in [3.8, 4) is 0 Å². The lowest BCUT2D eigenvalue weighted by molar-refractivity contribution is 0.0931. The fraction of sp³-hybridized carbons (Fsp3) is 0.600. The average molecular weight is 241 g/mol. The SMILES string of the molecule is CNc1nc(C(=O)NCC2(CO)CC2)cs1. The van der Waals surface area contributed by atoms with Crippen LogP contribution in [0.3, 0.4) is 0 Å².